The van der Waals surface area contributed by atoms with Gasteiger partial charge in [0.05, 0.1) is 6.54 Å². The summed E-state index contributed by atoms with van der Waals surface area (Å²) in [7, 11) is 0. The second-order valence-electron chi connectivity index (χ2n) is 8.50. The van der Waals surface area contributed by atoms with Crippen LogP contribution in [0.4, 0.5) is 39.3 Å². The maximum Gasteiger partial charge on any atom is 0.398 e. The fourth-order valence-corrected chi connectivity index (χ4v) is 5.17. The lowest BCUT2D eigenvalue weighted by molar-refractivity contribution is -0.201. The SMILES string of the molecule is Nc1ncnc([N+]2(C3C(=O)NCCC3C(F)(F)F)CCCC(Nc3cc(F)cc(Cl)c3)C2=O)c1F. The van der Waals surface area contributed by atoms with Crippen molar-refractivity contribution < 1.29 is 31.5 Å². The van der Waals surface area contributed by atoms with Gasteiger partial charge in [-0.3, -0.25) is 4.79 Å². The quantitative estimate of drug-likeness (QED) is 0.423. The van der Waals surface area contributed by atoms with Crippen LogP contribution in [0.2, 0.25) is 5.02 Å². The molecule has 2 amide bonds. The summed E-state index contributed by atoms with van der Waals surface area (Å²) in [5.41, 5.74) is 5.66. The van der Waals surface area contributed by atoms with E-state index in [1.54, 1.807) is 0 Å². The Hall–Kier alpha value is -3.06. The maximum absolute atomic E-state index is 15.3. The molecule has 2 aliphatic rings. The molecule has 0 saturated carbocycles. The zero-order valence-corrected chi connectivity index (χ0v) is 18.8. The molecule has 8 nitrogen and oxygen atoms in total. The van der Waals surface area contributed by atoms with Crippen molar-refractivity contribution in [3.63, 3.8) is 0 Å². The van der Waals surface area contributed by atoms with Gasteiger partial charge in [0.2, 0.25) is 5.82 Å². The minimum atomic E-state index is -4.86. The molecule has 0 spiro atoms. The summed E-state index contributed by atoms with van der Waals surface area (Å²) in [6.45, 7) is -0.593. The molecule has 2 aliphatic heterocycles. The van der Waals surface area contributed by atoms with Crippen molar-refractivity contribution in [3.8, 4) is 0 Å². The van der Waals surface area contributed by atoms with Crippen molar-refractivity contribution in [1.82, 2.24) is 19.8 Å². The number of likely N-dealkylation sites (tertiary alicyclic amines) is 1. The van der Waals surface area contributed by atoms with Crippen molar-refractivity contribution in [2.75, 3.05) is 24.1 Å². The molecule has 4 N–H and O–H groups in total. The van der Waals surface area contributed by atoms with Crippen LogP contribution in [-0.4, -0.2) is 53.1 Å². The second-order valence-corrected chi connectivity index (χ2v) is 8.93. The number of hydrogen-bond donors (Lipinski definition) is 3. The third kappa shape index (κ3) is 4.49. The third-order valence-corrected chi connectivity index (χ3v) is 6.59. The number of carbonyl (C=O) groups is 2. The number of hydrogen-bond acceptors (Lipinski definition) is 6. The van der Waals surface area contributed by atoms with Gasteiger partial charge in [0.25, 0.3) is 11.7 Å². The Labute approximate surface area is 201 Å². The number of rotatable bonds is 4. The molecule has 2 fully saturated rings. The van der Waals surface area contributed by atoms with Crippen LogP contribution >= 0.6 is 11.6 Å². The van der Waals surface area contributed by atoms with Crippen LogP contribution in [0.15, 0.2) is 24.5 Å². The molecule has 4 unspecified atom stereocenters. The summed E-state index contributed by atoms with van der Waals surface area (Å²) >= 11 is 5.88. The summed E-state index contributed by atoms with van der Waals surface area (Å²) in [5, 5.41) is 5.17. The Morgan fingerprint density at radius 2 is 1.89 bits per heavy atom. The number of benzene rings is 1. The van der Waals surface area contributed by atoms with Gasteiger partial charge in [0.1, 0.15) is 24.1 Å². The van der Waals surface area contributed by atoms with Crippen LogP contribution in [0.3, 0.4) is 0 Å². The first-order valence-corrected chi connectivity index (χ1v) is 11.1. The highest BCUT2D eigenvalue weighted by Crippen LogP contribution is 2.44. The van der Waals surface area contributed by atoms with E-state index in [0.29, 0.717) is 0 Å². The van der Waals surface area contributed by atoms with E-state index >= 15 is 4.39 Å². The first kappa shape index (κ1) is 25.0. The van der Waals surface area contributed by atoms with Gasteiger partial charge in [-0.15, -0.1) is 0 Å². The van der Waals surface area contributed by atoms with Gasteiger partial charge in [0, 0.05) is 23.7 Å². The van der Waals surface area contributed by atoms with E-state index in [9.17, 15) is 27.2 Å². The van der Waals surface area contributed by atoms with Gasteiger partial charge in [-0.25, -0.2) is 14.2 Å². The number of nitrogens with zero attached hydrogens (tertiary/aromatic N) is 3. The molecule has 188 valence electrons. The first-order chi connectivity index (χ1) is 16.4. The predicted octanol–water partition coefficient (Wildman–Crippen LogP) is 3.17. The average Bonchev–Trinajstić information content (AvgIpc) is 2.76. The highest BCUT2D eigenvalue weighted by molar-refractivity contribution is 6.30. The lowest BCUT2D eigenvalue weighted by atomic mass is 9.85. The Morgan fingerprint density at radius 3 is 2.57 bits per heavy atom. The predicted molar refractivity (Wildman–Crippen MR) is 117 cm³/mol. The number of anilines is 2. The van der Waals surface area contributed by atoms with E-state index in [4.69, 9.17) is 17.3 Å². The number of halogens is 6. The van der Waals surface area contributed by atoms with E-state index in [-0.39, 0.29) is 36.6 Å². The molecule has 4 rings (SSSR count). The van der Waals surface area contributed by atoms with E-state index in [1.807, 2.05) is 0 Å². The molecular weight excluding hydrogens is 499 g/mol. The van der Waals surface area contributed by atoms with E-state index < -0.39 is 70.2 Å². The highest BCUT2D eigenvalue weighted by Gasteiger charge is 2.65. The number of carbonyl (C=O) groups excluding carboxylic acids is 2. The molecule has 0 bridgehead atoms. The summed E-state index contributed by atoms with van der Waals surface area (Å²) in [4.78, 5) is 34.2. The fourth-order valence-electron chi connectivity index (χ4n) is 4.94. The minimum Gasteiger partial charge on any atom is -0.381 e. The second kappa shape index (κ2) is 9.19. The molecule has 3 heterocycles. The van der Waals surface area contributed by atoms with Crippen molar-refractivity contribution in [2.45, 2.75) is 37.5 Å². The normalized spacial score (nSPS) is 27.4. The Bertz CT molecular complexity index is 1150. The zero-order chi connectivity index (χ0) is 25.5. The number of nitrogens with one attached hydrogen (secondary N) is 2. The van der Waals surface area contributed by atoms with Gasteiger partial charge in [-0.2, -0.15) is 27.0 Å². The van der Waals surface area contributed by atoms with Crippen LogP contribution in [0.25, 0.3) is 0 Å². The first-order valence-electron chi connectivity index (χ1n) is 10.7. The van der Waals surface area contributed by atoms with Gasteiger partial charge in [-0.05, 0) is 31.0 Å². The van der Waals surface area contributed by atoms with E-state index in [2.05, 4.69) is 20.6 Å². The van der Waals surface area contributed by atoms with E-state index in [1.165, 1.54) is 6.07 Å². The Morgan fingerprint density at radius 1 is 1.14 bits per heavy atom. The van der Waals surface area contributed by atoms with Gasteiger partial charge < -0.3 is 16.4 Å². The Balaban J connectivity index is 1.88. The zero-order valence-electron chi connectivity index (χ0n) is 18.1. The molecule has 4 atom stereocenters. The lowest BCUT2D eigenvalue weighted by Gasteiger charge is -2.48. The number of aromatic nitrogens is 2. The number of piperidine rings is 2. The third-order valence-electron chi connectivity index (χ3n) is 6.37. The standard InChI is InChI=1S/C21H20ClF5N6O2/c22-10-6-11(23)8-12(7-10)32-14-2-1-5-33(20(14)35,18-15(24)17(28)30-9-31-18)16-13(21(25,26)27)3-4-29-19(16)34/h6-9,13-14,16,32H,1-5H2,(H2-,28,29,30,31,34)/p+1. The molecule has 0 radical (unpaired) electrons. The maximum atomic E-state index is 15.3. The molecule has 35 heavy (non-hydrogen) atoms. The van der Waals surface area contributed by atoms with E-state index in [0.717, 1.165) is 18.5 Å². The van der Waals surface area contributed by atoms with Gasteiger partial charge in [0.15, 0.2) is 11.9 Å². The molecule has 2 saturated heterocycles. The summed E-state index contributed by atoms with van der Waals surface area (Å²) in [6.07, 6.45) is -4.30. The minimum absolute atomic E-state index is 0.0231. The van der Waals surface area contributed by atoms with Gasteiger partial charge in [-0.1, -0.05) is 11.6 Å². The Kier molecular flexibility index (Phi) is 6.58. The number of alkyl halides is 3. The molecule has 1 aromatic carbocycles. The molecular formula is C21H21ClF5N6O2+. The topological polar surface area (TPSA) is 110 Å². The molecule has 1 aromatic heterocycles. The largest absolute Gasteiger partial charge is 0.398 e. The highest BCUT2D eigenvalue weighted by atomic mass is 35.5. The van der Waals surface area contributed by atoms with Crippen molar-refractivity contribution in [2.24, 2.45) is 5.92 Å². The van der Waals surface area contributed by atoms with Crippen LogP contribution in [-0.2, 0) is 9.59 Å². The van der Waals surface area contributed by atoms with Crippen molar-refractivity contribution in [3.05, 3.63) is 41.2 Å². The lowest BCUT2D eigenvalue weighted by Crippen LogP contribution is -2.75. The smallest absolute Gasteiger partial charge is 0.381 e. The van der Waals surface area contributed by atoms with Crippen LogP contribution < -0.4 is 20.9 Å². The number of amides is 2. The fraction of sp³-hybridized carbons (Fsp3) is 0.429. The van der Waals surface area contributed by atoms with Crippen molar-refractivity contribution in [1.29, 1.82) is 0 Å². The molecule has 0 aliphatic carbocycles. The molecule has 14 heteroatoms. The molecule has 2 aromatic rings. The van der Waals surface area contributed by atoms with Crippen LogP contribution in [0.5, 0.6) is 0 Å². The van der Waals surface area contributed by atoms with Crippen LogP contribution in [0.1, 0.15) is 19.3 Å². The van der Waals surface area contributed by atoms with Crippen LogP contribution in [0, 0.1) is 17.6 Å². The number of quaternary nitrogens is 1. The summed E-state index contributed by atoms with van der Waals surface area (Å²) in [6, 6.07) is 0.157. The average molecular weight is 520 g/mol. The van der Waals surface area contributed by atoms with Gasteiger partial charge >= 0.3 is 12.1 Å². The number of nitrogens with two attached hydrogens (primary N) is 1. The summed E-state index contributed by atoms with van der Waals surface area (Å²) < 4.78 is 70.1. The monoisotopic (exact) mass is 519 g/mol. The number of nitrogen functional groups attached to an aromatic ring is 1. The summed E-state index contributed by atoms with van der Waals surface area (Å²) in [5.74, 6) is -7.63. The van der Waals surface area contributed by atoms with Crippen molar-refractivity contribution >= 4 is 40.7 Å².